The number of cyclic esters (lactones) is 2. The number of hydrogen-bond donors (Lipinski definition) is 0. The fraction of sp³-hybridized carbons (Fsp3) is 0.538. The van der Waals surface area contributed by atoms with Crippen LogP contribution in [0, 0.1) is 19.8 Å². The number of carbonyl (C=O) groups excluding carboxylic acids is 2. The van der Waals surface area contributed by atoms with Crippen molar-refractivity contribution in [2.75, 3.05) is 0 Å². The number of esters is 2. The molecule has 1 aromatic rings. The van der Waals surface area contributed by atoms with Gasteiger partial charge in [-0.3, -0.25) is 9.59 Å². The van der Waals surface area contributed by atoms with Gasteiger partial charge in [-0.25, -0.2) is 0 Å². The molecule has 1 aliphatic heterocycles. The fourth-order valence-electron chi connectivity index (χ4n) is 2.02. The van der Waals surface area contributed by atoms with Crippen LogP contribution in [0.2, 0.25) is 0 Å². The fourth-order valence-corrected chi connectivity index (χ4v) is 2.02. The Labute approximate surface area is 105 Å². The summed E-state index contributed by atoms with van der Waals surface area (Å²) in [6.07, 6.45) is 0.247. The maximum atomic E-state index is 11.8. The first-order chi connectivity index (χ1) is 8.28. The normalized spacial score (nSPS) is 19.6. The Morgan fingerprint density at radius 2 is 1.72 bits per heavy atom. The van der Waals surface area contributed by atoms with Crippen LogP contribution in [-0.4, -0.2) is 17.7 Å². The second kappa shape index (κ2) is 4.15. The van der Waals surface area contributed by atoms with E-state index in [1.807, 2.05) is 13.0 Å². The van der Waals surface area contributed by atoms with Gasteiger partial charge in [0.25, 0.3) is 5.79 Å². The number of ether oxygens (including phenoxy) is 2. The first-order valence-electron chi connectivity index (χ1n) is 5.80. The molecule has 0 saturated carbocycles. The summed E-state index contributed by atoms with van der Waals surface area (Å²) >= 11 is 0. The van der Waals surface area contributed by atoms with Crippen molar-refractivity contribution in [2.24, 2.45) is 5.92 Å². The molecule has 1 fully saturated rings. The Hall–Kier alpha value is -1.78. The molecular formula is C13H16O5. The maximum Gasteiger partial charge on any atom is 0.323 e. The third kappa shape index (κ3) is 2.39. The summed E-state index contributed by atoms with van der Waals surface area (Å²) in [5.74, 6) is -1.72. The highest BCUT2D eigenvalue weighted by Gasteiger charge is 2.43. The molecule has 0 unspecified atom stereocenters. The van der Waals surface area contributed by atoms with Gasteiger partial charge in [0, 0.05) is 13.8 Å². The summed E-state index contributed by atoms with van der Waals surface area (Å²) in [5, 5.41) is 0. The zero-order chi connectivity index (χ0) is 13.5. The van der Waals surface area contributed by atoms with E-state index in [1.54, 1.807) is 6.92 Å². The summed E-state index contributed by atoms with van der Waals surface area (Å²) in [6.45, 7) is 6.68. The predicted octanol–water partition coefficient (Wildman–Crippen LogP) is 1.89. The largest absolute Gasteiger partial charge is 0.466 e. The second-order valence-electron chi connectivity index (χ2n) is 4.94. The SMILES string of the molecule is Cc1cc(CC2C(=O)OC(C)(C)OC2=O)c(C)o1. The van der Waals surface area contributed by atoms with Crippen molar-refractivity contribution in [3.63, 3.8) is 0 Å². The highest BCUT2D eigenvalue weighted by molar-refractivity contribution is 5.96. The van der Waals surface area contributed by atoms with E-state index in [-0.39, 0.29) is 6.42 Å². The van der Waals surface area contributed by atoms with Gasteiger partial charge in [-0.1, -0.05) is 0 Å². The van der Waals surface area contributed by atoms with Gasteiger partial charge in [-0.2, -0.15) is 0 Å². The summed E-state index contributed by atoms with van der Waals surface area (Å²) in [6, 6.07) is 1.82. The molecule has 18 heavy (non-hydrogen) atoms. The highest BCUT2D eigenvalue weighted by Crippen LogP contribution is 2.27. The minimum Gasteiger partial charge on any atom is -0.466 e. The molecule has 0 radical (unpaired) electrons. The van der Waals surface area contributed by atoms with Gasteiger partial charge < -0.3 is 13.9 Å². The predicted molar refractivity (Wildman–Crippen MR) is 61.6 cm³/mol. The van der Waals surface area contributed by atoms with Gasteiger partial charge >= 0.3 is 11.9 Å². The quantitative estimate of drug-likeness (QED) is 0.594. The van der Waals surface area contributed by atoms with Crippen molar-refractivity contribution < 1.29 is 23.5 Å². The van der Waals surface area contributed by atoms with Crippen molar-refractivity contribution in [1.29, 1.82) is 0 Å². The molecule has 5 nitrogen and oxygen atoms in total. The molecule has 5 heteroatoms. The molecule has 1 saturated heterocycles. The van der Waals surface area contributed by atoms with Crippen LogP contribution in [0.5, 0.6) is 0 Å². The third-order valence-corrected chi connectivity index (χ3v) is 2.83. The van der Waals surface area contributed by atoms with Gasteiger partial charge in [-0.15, -0.1) is 0 Å². The molecule has 98 valence electrons. The molecule has 0 bridgehead atoms. The lowest BCUT2D eigenvalue weighted by atomic mass is 9.98. The lowest BCUT2D eigenvalue weighted by Crippen LogP contribution is -2.46. The van der Waals surface area contributed by atoms with E-state index in [1.165, 1.54) is 13.8 Å². The van der Waals surface area contributed by atoms with E-state index in [0.29, 0.717) is 5.76 Å². The van der Waals surface area contributed by atoms with E-state index in [0.717, 1.165) is 11.3 Å². The molecule has 0 N–H and O–H groups in total. The van der Waals surface area contributed by atoms with Crippen LogP contribution in [0.15, 0.2) is 10.5 Å². The number of aryl methyl sites for hydroxylation is 2. The van der Waals surface area contributed by atoms with Crippen molar-refractivity contribution >= 4 is 11.9 Å². The second-order valence-corrected chi connectivity index (χ2v) is 4.94. The summed E-state index contributed by atoms with van der Waals surface area (Å²) in [4.78, 5) is 23.6. The Bertz CT molecular complexity index is 477. The molecule has 2 heterocycles. The van der Waals surface area contributed by atoms with Gasteiger partial charge in [0.05, 0.1) is 0 Å². The summed E-state index contributed by atoms with van der Waals surface area (Å²) in [5.41, 5.74) is 0.825. The van der Waals surface area contributed by atoms with E-state index in [4.69, 9.17) is 13.9 Å². The van der Waals surface area contributed by atoms with Crippen LogP contribution in [0.25, 0.3) is 0 Å². The van der Waals surface area contributed by atoms with Gasteiger partial charge in [0.15, 0.2) is 5.92 Å². The number of rotatable bonds is 2. The van der Waals surface area contributed by atoms with Crippen molar-refractivity contribution in [1.82, 2.24) is 0 Å². The van der Waals surface area contributed by atoms with Crippen LogP contribution in [0.3, 0.4) is 0 Å². The molecule has 1 aromatic heterocycles. The Morgan fingerprint density at radius 1 is 1.17 bits per heavy atom. The highest BCUT2D eigenvalue weighted by atomic mass is 16.7. The number of carbonyl (C=O) groups is 2. The molecule has 0 aromatic carbocycles. The van der Waals surface area contributed by atoms with Crippen LogP contribution in [0.1, 0.15) is 30.9 Å². The average molecular weight is 252 g/mol. The molecule has 0 atom stereocenters. The van der Waals surface area contributed by atoms with Crippen LogP contribution in [-0.2, 0) is 25.5 Å². The van der Waals surface area contributed by atoms with E-state index in [9.17, 15) is 9.59 Å². The van der Waals surface area contributed by atoms with Gasteiger partial charge in [0.1, 0.15) is 11.5 Å². The van der Waals surface area contributed by atoms with Crippen LogP contribution in [0.4, 0.5) is 0 Å². The molecule has 0 amide bonds. The topological polar surface area (TPSA) is 65.7 Å². The smallest absolute Gasteiger partial charge is 0.323 e. The Morgan fingerprint density at radius 3 is 2.17 bits per heavy atom. The zero-order valence-electron chi connectivity index (χ0n) is 10.9. The monoisotopic (exact) mass is 252 g/mol. The van der Waals surface area contributed by atoms with E-state index >= 15 is 0 Å². The lowest BCUT2D eigenvalue weighted by Gasteiger charge is -2.32. The van der Waals surface area contributed by atoms with Crippen LogP contribution < -0.4 is 0 Å². The van der Waals surface area contributed by atoms with Crippen molar-refractivity contribution in [3.8, 4) is 0 Å². The molecule has 0 aliphatic carbocycles. The van der Waals surface area contributed by atoms with Gasteiger partial charge in [-0.05, 0) is 31.9 Å². The van der Waals surface area contributed by atoms with Gasteiger partial charge in [0.2, 0.25) is 0 Å². The minimum absolute atomic E-state index is 0.247. The maximum absolute atomic E-state index is 11.8. The Kier molecular flexibility index (Phi) is 2.92. The zero-order valence-corrected chi connectivity index (χ0v) is 10.9. The first kappa shape index (κ1) is 12.7. The third-order valence-electron chi connectivity index (χ3n) is 2.83. The standard InChI is InChI=1S/C13H16O5/c1-7-5-9(8(2)16-7)6-10-11(14)17-13(3,4)18-12(10)15/h5,10H,6H2,1-4H3. The first-order valence-corrected chi connectivity index (χ1v) is 5.80. The van der Waals surface area contributed by atoms with Crippen molar-refractivity contribution in [2.45, 2.75) is 39.9 Å². The summed E-state index contributed by atoms with van der Waals surface area (Å²) < 4.78 is 15.5. The van der Waals surface area contributed by atoms with E-state index in [2.05, 4.69) is 0 Å². The number of furan rings is 1. The Balaban J connectivity index is 2.17. The summed E-state index contributed by atoms with van der Waals surface area (Å²) in [7, 11) is 0. The molecule has 2 rings (SSSR count). The number of hydrogen-bond acceptors (Lipinski definition) is 5. The molecular weight excluding hydrogens is 236 g/mol. The van der Waals surface area contributed by atoms with Crippen molar-refractivity contribution in [3.05, 3.63) is 23.2 Å². The van der Waals surface area contributed by atoms with Crippen LogP contribution >= 0.6 is 0 Å². The molecule has 1 aliphatic rings. The minimum atomic E-state index is -1.17. The lowest BCUT2D eigenvalue weighted by molar-refractivity contribution is -0.239. The molecule has 0 spiro atoms. The van der Waals surface area contributed by atoms with E-state index < -0.39 is 23.6 Å². The average Bonchev–Trinajstić information content (AvgIpc) is 2.49.